The number of rotatable bonds is 0. The van der Waals surface area contributed by atoms with Crippen molar-refractivity contribution in [3.63, 3.8) is 0 Å². The van der Waals surface area contributed by atoms with Gasteiger partial charge in [-0.2, -0.15) is 0 Å². The highest BCUT2D eigenvalue weighted by atomic mass is 35.5. The average molecular weight is 221 g/mol. The van der Waals surface area contributed by atoms with E-state index < -0.39 is 5.82 Å². The van der Waals surface area contributed by atoms with E-state index in [1.807, 2.05) is 20.8 Å². The van der Waals surface area contributed by atoms with E-state index in [-0.39, 0.29) is 10.4 Å². The third-order valence-electron chi connectivity index (χ3n) is 1.84. The van der Waals surface area contributed by atoms with Crippen LogP contribution in [0.2, 0.25) is 10.0 Å². The van der Waals surface area contributed by atoms with Crippen molar-refractivity contribution in [1.82, 2.24) is 0 Å². The minimum absolute atomic E-state index is 0.00842. The maximum atomic E-state index is 12.9. The largest absolute Gasteiger partial charge is 0.205 e. The van der Waals surface area contributed by atoms with Crippen molar-refractivity contribution in [1.29, 1.82) is 0 Å². The van der Waals surface area contributed by atoms with Crippen LogP contribution in [-0.4, -0.2) is 0 Å². The number of halogens is 3. The molecule has 0 amide bonds. The van der Waals surface area contributed by atoms with Crippen molar-refractivity contribution >= 4 is 23.2 Å². The van der Waals surface area contributed by atoms with Crippen LogP contribution in [0, 0.1) is 5.82 Å². The molecule has 3 heteroatoms. The molecule has 0 aliphatic rings. The molecule has 0 fully saturated rings. The molecule has 0 aliphatic carbocycles. The quantitative estimate of drug-likeness (QED) is 0.568. The smallest absolute Gasteiger partial charge is 0.143 e. The Hall–Kier alpha value is -0.270. The summed E-state index contributed by atoms with van der Waals surface area (Å²) in [6.07, 6.45) is 0. The number of hydrogen-bond acceptors (Lipinski definition) is 0. The Balaban J connectivity index is 3.35. The molecule has 0 aliphatic heterocycles. The highest BCUT2D eigenvalue weighted by Gasteiger charge is 2.20. The second kappa shape index (κ2) is 3.47. The molecule has 1 aromatic rings. The maximum Gasteiger partial charge on any atom is 0.143 e. The molecule has 0 spiro atoms. The summed E-state index contributed by atoms with van der Waals surface area (Å²) in [6, 6.07) is 3.01. The van der Waals surface area contributed by atoms with E-state index in [4.69, 9.17) is 23.2 Å². The minimum atomic E-state index is -0.473. The molecule has 1 rings (SSSR count). The van der Waals surface area contributed by atoms with E-state index in [1.54, 1.807) is 6.07 Å². The minimum Gasteiger partial charge on any atom is -0.205 e. The first-order valence-corrected chi connectivity index (χ1v) is 4.73. The van der Waals surface area contributed by atoms with Crippen LogP contribution in [0.5, 0.6) is 0 Å². The molecule has 0 heterocycles. The fourth-order valence-electron chi connectivity index (χ4n) is 1.11. The molecular formula is C10H11Cl2F. The van der Waals surface area contributed by atoms with Crippen molar-refractivity contribution < 1.29 is 4.39 Å². The molecule has 0 N–H and O–H groups in total. The molecule has 72 valence electrons. The Morgan fingerprint density at radius 3 is 2.08 bits per heavy atom. The molecule has 0 bridgehead atoms. The Kier molecular flexibility index (Phi) is 2.88. The predicted octanol–water partition coefficient (Wildman–Crippen LogP) is 4.43. The average Bonchev–Trinajstić information content (AvgIpc) is 1.98. The Morgan fingerprint density at radius 1 is 1.08 bits per heavy atom. The third-order valence-corrected chi connectivity index (χ3v) is 2.70. The summed E-state index contributed by atoms with van der Waals surface area (Å²) >= 11 is 11.6. The molecule has 0 atom stereocenters. The van der Waals surface area contributed by atoms with E-state index in [9.17, 15) is 4.39 Å². The van der Waals surface area contributed by atoms with Gasteiger partial charge in [0.1, 0.15) is 5.82 Å². The molecule has 0 saturated carbocycles. The van der Waals surface area contributed by atoms with Gasteiger partial charge in [0.05, 0.1) is 10.0 Å². The topological polar surface area (TPSA) is 0 Å². The molecule has 1 aromatic carbocycles. The summed E-state index contributed by atoms with van der Waals surface area (Å²) in [4.78, 5) is 0. The van der Waals surface area contributed by atoms with Gasteiger partial charge in [-0.05, 0) is 17.0 Å². The molecular weight excluding hydrogens is 210 g/mol. The lowest BCUT2D eigenvalue weighted by Gasteiger charge is -2.21. The number of hydrogen-bond donors (Lipinski definition) is 0. The first kappa shape index (κ1) is 10.8. The number of benzene rings is 1. The highest BCUT2D eigenvalue weighted by Crippen LogP contribution is 2.35. The lowest BCUT2D eigenvalue weighted by atomic mass is 9.87. The fraction of sp³-hybridized carbons (Fsp3) is 0.400. The Morgan fingerprint density at radius 2 is 1.62 bits per heavy atom. The molecule has 0 radical (unpaired) electrons. The van der Waals surface area contributed by atoms with Gasteiger partial charge in [-0.15, -0.1) is 0 Å². The van der Waals surface area contributed by atoms with E-state index in [1.165, 1.54) is 6.07 Å². The molecule has 0 nitrogen and oxygen atoms in total. The third kappa shape index (κ3) is 2.15. The van der Waals surface area contributed by atoms with Crippen LogP contribution in [0.25, 0.3) is 0 Å². The summed E-state index contributed by atoms with van der Waals surface area (Å²) in [6.45, 7) is 6.01. The lowest BCUT2D eigenvalue weighted by molar-refractivity contribution is 0.583. The van der Waals surface area contributed by atoms with E-state index in [0.717, 1.165) is 5.56 Å². The van der Waals surface area contributed by atoms with E-state index in [0.29, 0.717) is 5.02 Å². The van der Waals surface area contributed by atoms with Crippen molar-refractivity contribution in [3.8, 4) is 0 Å². The van der Waals surface area contributed by atoms with Gasteiger partial charge in [-0.1, -0.05) is 50.0 Å². The fourth-order valence-corrected chi connectivity index (χ4v) is 1.71. The van der Waals surface area contributed by atoms with Crippen molar-refractivity contribution in [2.45, 2.75) is 26.2 Å². The van der Waals surface area contributed by atoms with Crippen LogP contribution < -0.4 is 0 Å². The van der Waals surface area contributed by atoms with E-state index >= 15 is 0 Å². The van der Waals surface area contributed by atoms with Crippen molar-refractivity contribution in [2.24, 2.45) is 0 Å². The van der Waals surface area contributed by atoms with Crippen LogP contribution in [0.4, 0.5) is 4.39 Å². The van der Waals surface area contributed by atoms with Crippen molar-refractivity contribution in [3.05, 3.63) is 33.6 Å². The van der Waals surface area contributed by atoms with Gasteiger partial charge in [-0.25, -0.2) is 4.39 Å². The summed E-state index contributed by atoms with van der Waals surface area (Å²) < 4.78 is 12.9. The van der Waals surface area contributed by atoms with Crippen LogP contribution >= 0.6 is 23.2 Å². The van der Waals surface area contributed by atoms with Gasteiger partial charge in [0.15, 0.2) is 0 Å². The van der Waals surface area contributed by atoms with Crippen LogP contribution in [-0.2, 0) is 5.41 Å². The van der Waals surface area contributed by atoms with Crippen LogP contribution in [0.1, 0.15) is 26.3 Å². The lowest BCUT2D eigenvalue weighted by Crippen LogP contribution is -2.12. The zero-order valence-electron chi connectivity index (χ0n) is 7.79. The zero-order valence-corrected chi connectivity index (χ0v) is 9.30. The van der Waals surface area contributed by atoms with Gasteiger partial charge in [-0.3, -0.25) is 0 Å². The standard InChI is InChI=1S/C10H11Cl2F/c1-10(2,3)6-4-5-7(13)9(12)8(6)11/h4-5H,1-3H3. The van der Waals surface area contributed by atoms with Gasteiger partial charge >= 0.3 is 0 Å². The summed E-state index contributed by atoms with van der Waals surface area (Å²) in [5.41, 5.74) is 0.745. The zero-order chi connectivity index (χ0) is 10.2. The van der Waals surface area contributed by atoms with Crippen LogP contribution in [0.15, 0.2) is 12.1 Å². The first-order valence-electron chi connectivity index (χ1n) is 3.98. The summed E-state index contributed by atoms with van der Waals surface area (Å²) in [5.74, 6) is -0.473. The monoisotopic (exact) mass is 220 g/mol. The maximum absolute atomic E-state index is 12.9. The first-order chi connectivity index (χ1) is 5.84. The molecule has 0 saturated heterocycles. The highest BCUT2D eigenvalue weighted by molar-refractivity contribution is 6.42. The Labute approximate surface area is 87.7 Å². The normalized spacial score (nSPS) is 11.8. The van der Waals surface area contributed by atoms with Crippen molar-refractivity contribution in [2.75, 3.05) is 0 Å². The van der Waals surface area contributed by atoms with Gasteiger partial charge in [0.25, 0.3) is 0 Å². The van der Waals surface area contributed by atoms with Crippen LogP contribution in [0.3, 0.4) is 0 Å². The van der Waals surface area contributed by atoms with E-state index in [2.05, 4.69) is 0 Å². The predicted molar refractivity (Wildman–Crippen MR) is 55.1 cm³/mol. The molecule has 0 unspecified atom stereocenters. The molecule has 0 aromatic heterocycles. The summed E-state index contributed by atoms with van der Waals surface area (Å²) in [5, 5.41) is 0.322. The Bertz CT molecular complexity index is 326. The van der Waals surface area contributed by atoms with Gasteiger partial charge in [0.2, 0.25) is 0 Å². The van der Waals surface area contributed by atoms with Gasteiger partial charge in [0, 0.05) is 0 Å². The second-order valence-electron chi connectivity index (χ2n) is 3.97. The molecule has 13 heavy (non-hydrogen) atoms. The SMILES string of the molecule is CC(C)(C)c1ccc(F)c(Cl)c1Cl. The summed E-state index contributed by atoms with van der Waals surface area (Å²) in [7, 11) is 0. The van der Waals surface area contributed by atoms with Gasteiger partial charge < -0.3 is 0 Å². The second-order valence-corrected chi connectivity index (χ2v) is 4.73.